The maximum absolute atomic E-state index is 11.4. The third-order valence-electron chi connectivity index (χ3n) is 3.23. The minimum absolute atomic E-state index is 0.0504. The highest BCUT2D eigenvalue weighted by Crippen LogP contribution is 2.22. The number of anilines is 1. The molecule has 0 bridgehead atoms. The van der Waals surface area contributed by atoms with E-state index in [0.717, 1.165) is 42.5 Å². The summed E-state index contributed by atoms with van der Waals surface area (Å²) in [5.74, 6) is 2.37. The fraction of sp³-hybridized carbons (Fsp3) is 0.643. The van der Waals surface area contributed by atoms with Gasteiger partial charge in [0.15, 0.2) is 0 Å². The Morgan fingerprint density at radius 1 is 1.40 bits per heavy atom. The molecule has 0 aromatic carbocycles. The summed E-state index contributed by atoms with van der Waals surface area (Å²) in [6, 6.07) is 2.04. The van der Waals surface area contributed by atoms with Crippen molar-refractivity contribution in [3.8, 4) is 0 Å². The van der Waals surface area contributed by atoms with E-state index in [1.54, 1.807) is 6.20 Å². The Bertz CT molecular complexity index is 492. The first-order valence-electron chi connectivity index (χ1n) is 6.84. The van der Waals surface area contributed by atoms with Gasteiger partial charge in [-0.2, -0.15) is 0 Å². The lowest BCUT2D eigenvalue weighted by molar-refractivity contribution is 0.424. The summed E-state index contributed by atoms with van der Waals surface area (Å²) < 4.78 is 11.4. The smallest absolute Gasteiger partial charge is 0.128 e. The Morgan fingerprint density at radius 3 is 2.65 bits per heavy atom. The molecule has 0 amide bonds. The molecule has 4 nitrogen and oxygen atoms in total. The maximum Gasteiger partial charge on any atom is 0.128 e. The second-order valence-corrected chi connectivity index (χ2v) is 8.18. The molecule has 1 aromatic rings. The van der Waals surface area contributed by atoms with Crippen LogP contribution in [0.2, 0.25) is 5.02 Å². The molecule has 1 aromatic heterocycles. The van der Waals surface area contributed by atoms with Crippen molar-refractivity contribution >= 4 is 28.2 Å². The van der Waals surface area contributed by atoms with Crippen molar-refractivity contribution in [3.05, 3.63) is 22.8 Å². The molecule has 0 unspecified atom stereocenters. The Hall–Kier alpha value is -0.650. The van der Waals surface area contributed by atoms with Crippen LogP contribution in [0.5, 0.6) is 0 Å². The molecule has 0 radical (unpaired) electrons. The summed E-state index contributed by atoms with van der Waals surface area (Å²) in [7, 11) is -0.667. The number of hydrogen-bond acceptors (Lipinski definition) is 4. The summed E-state index contributed by atoms with van der Waals surface area (Å²) in [4.78, 5) is 6.58. The molecular weight excluding hydrogens is 294 g/mol. The molecule has 1 aliphatic heterocycles. The van der Waals surface area contributed by atoms with E-state index in [4.69, 9.17) is 11.6 Å². The second kappa shape index (κ2) is 6.41. The van der Waals surface area contributed by atoms with Gasteiger partial charge in [0.2, 0.25) is 0 Å². The van der Waals surface area contributed by atoms with Crippen molar-refractivity contribution in [2.75, 3.05) is 29.5 Å². The van der Waals surface area contributed by atoms with Crippen molar-refractivity contribution in [2.45, 2.75) is 32.9 Å². The van der Waals surface area contributed by atoms with Crippen molar-refractivity contribution < 1.29 is 4.21 Å². The summed E-state index contributed by atoms with van der Waals surface area (Å²) in [5.41, 5.74) is 1.10. The van der Waals surface area contributed by atoms with Gasteiger partial charge in [-0.3, -0.25) is 4.21 Å². The number of pyridine rings is 1. The molecule has 0 atom stereocenters. The molecule has 0 spiro atoms. The molecule has 1 fully saturated rings. The van der Waals surface area contributed by atoms with Gasteiger partial charge in [0.1, 0.15) is 5.82 Å². The Kier molecular flexibility index (Phi) is 5.04. The van der Waals surface area contributed by atoms with E-state index in [1.165, 1.54) is 0 Å². The van der Waals surface area contributed by atoms with Gasteiger partial charge in [0.25, 0.3) is 0 Å². The van der Waals surface area contributed by atoms with Crippen LogP contribution in [-0.4, -0.2) is 39.3 Å². The molecule has 112 valence electrons. The van der Waals surface area contributed by atoms with E-state index in [2.05, 4.69) is 36.0 Å². The number of aromatic nitrogens is 1. The zero-order valence-electron chi connectivity index (χ0n) is 12.3. The lowest BCUT2D eigenvalue weighted by atomic mass is 10.1. The predicted octanol–water partition coefficient (Wildman–Crippen LogP) is 2.19. The molecule has 6 heteroatoms. The number of nitrogens with one attached hydrogen (secondary N) is 1. The summed E-state index contributed by atoms with van der Waals surface area (Å²) >= 11 is 6.22. The molecule has 2 rings (SSSR count). The van der Waals surface area contributed by atoms with Crippen molar-refractivity contribution in [3.63, 3.8) is 0 Å². The van der Waals surface area contributed by atoms with Gasteiger partial charge in [0.05, 0.1) is 5.02 Å². The molecule has 1 aliphatic rings. The topological polar surface area (TPSA) is 45.2 Å². The summed E-state index contributed by atoms with van der Waals surface area (Å²) in [5, 5.41) is 4.12. The number of rotatable bonds is 3. The quantitative estimate of drug-likeness (QED) is 0.929. The van der Waals surface area contributed by atoms with Crippen LogP contribution < -0.4 is 10.2 Å². The number of halogens is 1. The van der Waals surface area contributed by atoms with Crippen LogP contribution in [0.25, 0.3) is 0 Å². The van der Waals surface area contributed by atoms with E-state index in [0.29, 0.717) is 5.02 Å². The fourth-order valence-electron chi connectivity index (χ4n) is 2.00. The molecule has 1 N–H and O–H groups in total. The van der Waals surface area contributed by atoms with Gasteiger partial charge in [-0.25, -0.2) is 4.98 Å². The number of hydrogen-bond donors (Lipinski definition) is 1. The normalized spacial score (nSPS) is 17.5. The lowest BCUT2D eigenvalue weighted by Gasteiger charge is -2.28. The van der Waals surface area contributed by atoms with Crippen LogP contribution in [0.4, 0.5) is 5.82 Å². The predicted molar refractivity (Wildman–Crippen MR) is 85.9 cm³/mol. The van der Waals surface area contributed by atoms with Crippen molar-refractivity contribution in [2.24, 2.45) is 0 Å². The average molecular weight is 316 g/mol. The van der Waals surface area contributed by atoms with Crippen LogP contribution >= 0.6 is 11.6 Å². The Balaban J connectivity index is 2.10. The van der Waals surface area contributed by atoms with Crippen LogP contribution in [-0.2, 0) is 17.3 Å². The van der Waals surface area contributed by atoms with Gasteiger partial charge in [-0.1, -0.05) is 11.6 Å². The van der Waals surface area contributed by atoms with Crippen LogP contribution in [0.15, 0.2) is 12.3 Å². The molecule has 1 saturated heterocycles. The first-order chi connectivity index (χ1) is 9.35. The SMILES string of the molecule is CC(C)(C)NCc1cc(N2CCS(=O)CC2)ncc1Cl. The van der Waals surface area contributed by atoms with E-state index < -0.39 is 10.8 Å². The van der Waals surface area contributed by atoms with Crippen LogP contribution in [0.3, 0.4) is 0 Å². The zero-order valence-corrected chi connectivity index (χ0v) is 13.9. The van der Waals surface area contributed by atoms with Gasteiger partial charge in [0, 0.05) is 53.7 Å². The standard InChI is InChI=1S/C14H22ClN3OS/c1-14(2,3)17-9-11-8-13(16-10-12(11)15)18-4-6-20(19)7-5-18/h8,10,17H,4-7,9H2,1-3H3. The molecule has 20 heavy (non-hydrogen) atoms. The zero-order chi connectivity index (χ0) is 14.8. The van der Waals surface area contributed by atoms with Gasteiger partial charge >= 0.3 is 0 Å². The third kappa shape index (κ3) is 4.43. The minimum Gasteiger partial charge on any atom is -0.355 e. The highest BCUT2D eigenvalue weighted by atomic mass is 35.5. The highest BCUT2D eigenvalue weighted by Gasteiger charge is 2.18. The van der Waals surface area contributed by atoms with E-state index >= 15 is 0 Å². The van der Waals surface area contributed by atoms with E-state index in [-0.39, 0.29) is 5.54 Å². The first-order valence-corrected chi connectivity index (χ1v) is 8.71. The number of nitrogens with zero attached hydrogens (tertiary/aromatic N) is 2. The van der Waals surface area contributed by atoms with Crippen LogP contribution in [0, 0.1) is 0 Å². The Labute approximate surface area is 128 Å². The van der Waals surface area contributed by atoms with E-state index in [9.17, 15) is 4.21 Å². The fourth-order valence-corrected chi connectivity index (χ4v) is 3.23. The largest absolute Gasteiger partial charge is 0.355 e. The van der Waals surface area contributed by atoms with E-state index in [1.807, 2.05) is 6.07 Å². The monoisotopic (exact) mass is 315 g/mol. The first kappa shape index (κ1) is 15.7. The third-order valence-corrected chi connectivity index (χ3v) is 4.85. The maximum atomic E-state index is 11.4. The van der Waals surface area contributed by atoms with Crippen molar-refractivity contribution in [1.29, 1.82) is 0 Å². The van der Waals surface area contributed by atoms with Crippen molar-refractivity contribution in [1.82, 2.24) is 10.3 Å². The minimum atomic E-state index is -0.667. The Morgan fingerprint density at radius 2 is 2.05 bits per heavy atom. The lowest BCUT2D eigenvalue weighted by Crippen LogP contribution is -2.38. The highest BCUT2D eigenvalue weighted by molar-refractivity contribution is 7.85. The summed E-state index contributed by atoms with van der Waals surface area (Å²) in [6.45, 7) is 8.70. The van der Waals surface area contributed by atoms with Gasteiger partial charge in [-0.15, -0.1) is 0 Å². The molecule has 2 heterocycles. The molecular formula is C14H22ClN3OS. The molecule has 0 aliphatic carbocycles. The van der Waals surface area contributed by atoms with Gasteiger partial charge in [-0.05, 0) is 32.4 Å². The second-order valence-electron chi connectivity index (χ2n) is 6.07. The van der Waals surface area contributed by atoms with Gasteiger partial charge < -0.3 is 10.2 Å². The average Bonchev–Trinajstić information content (AvgIpc) is 2.38. The van der Waals surface area contributed by atoms with Crippen LogP contribution in [0.1, 0.15) is 26.3 Å². The molecule has 0 saturated carbocycles. The summed E-state index contributed by atoms with van der Waals surface area (Å²) in [6.07, 6.45) is 1.71.